The van der Waals surface area contributed by atoms with E-state index in [-0.39, 0.29) is 28.0 Å². The molecule has 0 bridgehead atoms. The van der Waals surface area contributed by atoms with E-state index in [1.165, 1.54) is 12.4 Å². The van der Waals surface area contributed by atoms with Crippen LogP contribution in [0.2, 0.25) is 5.02 Å². The fourth-order valence-corrected chi connectivity index (χ4v) is 4.44. The van der Waals surface area contributed by atoms with Gasteiger partial charge in [0.25, 0.3) is 17.7 Å². The van der Waals surface area contributed by atoms with Gasteiger partial charge < -0.3 is 25.8 Å². The van der Waals surface area contributed by atoms with E-state index in [4.69, 9.17) is 17.3 Å². The monoisotopic (exact) mass is 542 g/mol. The second-order valence-electron chi connectivity index (χ2n) is 8.81. The minimum atomic E-state index is -0.780. The van der Waals surface area contributed by atoms with Crippen LogP contribution in [0.5, 0.6) is 0 Å². The number of hydrogen-bond acceptors (Lipinski definition) is 5. The number of nitrogens with zero attached hydrogens (tertiary/aromatic N) is 3. The maximum Gasteiger partial charge on any atom is 0.279 e. The molecule has 0 aliphatic carbocycles. The maximum absolute atomic E-state index is 13.6. The van der Waals surface area contributed by atoms with Gasteiger partial charge in [-0.1, -0.05) is 25.4 Å². The Balaban J connectivity index is 1.84. The second kappa shape index (κ2) is 13.2. The van der Waals surface area contributed by atoms with Crippen LogP contribution in [0, 0.1) is 5.82 Å². The van der Waals surface area contributed by atoms with Crippen molar-refractivity contribution in [3.8, 4) is 0 Å². The van der Waals surface area contributed by atoms with E-state index >= 15 is 0 Å². The fraction of sp³-hybridized carbons (Fsp3) is 0.333. The molecule has 2 aromatic carbocycles. The Hall–Kier alpha value is -3.76. The van der Waals surface area contributed by atoms with Crippen molar-refractivity contribution >= 4 is 40.7 Å². The molecule has 1 atom stereocenters. The van der Waals surface area contributed by atoms with Gasteiger partial charge in [-0.05, 0) is 81.9 Å². The first-order valence-electron chi connectivity index (χ1n) is 12.4. The highest BCUT2D eigenvalue weighted by molar-refractivity contribution is 6.34. The summed E-state index contributed by atoms with van der Waals surface area (Å²) in [6.45, 7) is 8.93. The van der Waals surface area contributed by atoms with Crippen LogP contribution in [0.25, 0.3) is 0 Å². The number of anilines is 2. The molecule has 0 aliphatic rings. The molecular formula is C27H32ClFN6O3. The summed E-state index contributed by atoms with van der Waals surface area (Å²) in [6.07, 6.45) is 2.83. The zero-order valence-electron chi connectivity index (χ0n) is 21.6. The van der Waals surface area contributed by atoms with Crippen LogP contribution in [-0.4, -0.2) is 58.3 Å². The van der Waals surface area contributed by atoms with Crippen molar-refractivity contribution in [3.63, 3.8) is 0 Å². The normalized spacial score (nSPS) is 11.8. The zero-order valence-corrected chi connectivity index (χ0v) is 22.4. The standard InChI is InChI=1S/C27H32ClFN6O3/c1-4-34(5-2)14-6-7-17(3)35(27(38)24-23(25(30)36)31-16-32-24)20-11-9-19(10-12-20)33-26(37)21-13-8-18(29)15-22(21)28/h8-13,15-17H,4-7,14H2,1-3H3,(H2,30,36)(H,31,32)(H,33,37). The first-order chi connectivity index (χ1) is 18.2. The minimum Gasteiger partial charge on any atom is -0.364 e. The Morgan fingerprint density at radius 1 is 1.13 bits per heavy atom. The summed E-state index contributed by atoms with van der Waals surface area (Å²) in [5, 5.41) is 2.72. The molecular weight excluding hydrogens is 511 g/mol. The van der Waals surface area contributed by atoms with Gasteiger partial charge in [0.15, 0.2) is 5.69 Å². The third kappa shape index (κ3) is 6.96. The first kappa shape index (κ1) is 28.8. The van der Waals surface area contributed by atoms with Crippen LogP contribution in [0.15, 0.2) is 48.8 Å². The molecule has 1 aromatic heterocycles. The van der Waals surface area contributed by atoms with E-state index in [2.05, 4.69) is 34.0 Å². The summed E-state index contributed by atoms with van der Waals surface area (Å²) in [4.78, 5) is 48.6. The molecule has 1 heterocycles. The molecule has 0 saturated carbocycles. The molecule has 9 nitrogen and oxygen atoms in total. The largest absolute Gasteiger partial charge is 0.364 e. The van der Waals surface area contributed by atoms with E-state index in [1.54, 1.807) is 29.2 Å². The Labute approximate surface area is 226 Å². The van der Waals surface area contributed by atoms with Crippen molar-refractivity contribution in [2.45, 2.75) is 39.7 Å². The van der Waals surface area contributed by atoms with Gasteiger partial charge >= 0.3 is 0 Å². The zero-order chi connectivity index (χ0) is 27.8. The maximum atomic E-state index is 13.6. The molecule has 0 aliphatic heterocycles. The number of hydrogen-bond donors (Lipinski definition) is 3. The molecule has 3 rings (SSSR count). The Kier molecular flexibility index (Phi) is 9.98. The van der Waals surface area contributed by atoms with E-state index in [1.807, 2.05) is 6.92 Å². The van der Waals surface area contributed by atoms with Gasteiger partial charge in [0.2, 0.25) is 0 Å². The minimum absolute atomic E-state index is 0.00122. The average molecular weight is 543 g/mol. The molecule has 3 aromatic rings. The number of carbonyl (C=O) groups is 3. The van der Waals surface area contributed by atoms with Gasteiger partial charge in [0.05, 0.1) is 16.9 Å². The summed E-state index contributed by atoms with van der Waals surface area (Å²) in [7, 11) is 0. The lowest BCUT2D eigenvalue weighted by Crippen LogP contribution is -2.40. The van der Waals surface area contributed by atoms with Crippen LogP contribution in [0.3, 0.4) is 0 Å². The van der Waals surface area contributed by atoms with Crippen LogP contribution in [-0.2, 0) is 0 Å². The van der Waals surface area contributed by atoms with Crippen LogP contribution in [0.1, 0.15) is 64.9 Å². The second-order valence-corrected chi connectivity index (χ2v) is 9.22. The number of aromatic nitrogens is 2. The Morgan fingerprint density at radius 3 is 2.42 bits per heavy atom. The number of benzene rings is 2. The lowest BCUT2D eigenvalue weighted by molar-refractivity contribution is 0.0948. The fourth-order valence-electron chi connectivity index (χ4n) is 4.19. The lowest BCUT2D eigenvalue weighted by Gasteiger charge is -2.30. The average Bonchev–Trinajstić information content (AvgIpc) is 3.38. The number of rotatable bonds is 12. The highest BCUT2D eigenvalue weighted by atomic mass is 35.5. The van der Waals surface area contributed by atoms with Crippen molar-refractivity contribution < 1.29 is 18.8 Å². The number of H-pyrrole nitrogens is 1. The predicted molar refractivity (Wildman–Crippen MR) is 146 cm³/mol. The van der Waals surface area contributed by atoms with Crippen LogP contribution >= 0.6 is 11.6 Å². The highest BCUT2D eigenvalue weighted by Gasteiger charge is 2.28. The molecule has 0 fully saturated rings. The highest BCUT2D eigenvalue weighted by Crippen LogP contribution is 2.26. The van der Waals surface area contributed by atoms with E-state index in [9.17, 15) is 18.8 Å². The van der Waals surface area contributed by atoms with Crippen molar-refractivity contribution in [2.75, 3.05) is 29.9 Å². The van der Waals surface area contributed by atoms with Crippen LogP contribution < -0.4 is 16.0 Å². The van der Waals surface area contributed by atoms with Gasteiger partial charge in [-0.3, -0.25) is 14.4 Å². The van der Waals surface area contributed by atoms with E-state index in [0.29, 0.717) is 17.8 Å². The molecule has 0 spiro atoms. The van der Waals surface area contributed by atoms with Gasteiger partial charge in [-0.25, -0.2) is 9.37 Å². The number of primary amides is 1. The predicted octanol–water partition coefficient (Wildman–Crippen LogP) is 4.71. The lowest BCUT2D eigenvalue weighted by atomic mass is 10.1. The summed E-state index contributed by atoms with van der Waals surface area (Å²) >= 11 is 6.00. The van der Waals surface area contributed by atoms with E-state index in [0.717, 1.165) is 38.2 Å². The number of nitrogens with two attached hydrogens (primary N) is 1. The van der Waals surface area contributed by atoms with E-state index < -0.39 is 23.5 Å². The molecule has 4 N–H and O–H groups in total. The smallest absolute Gasteiger partial charge is 0.279 e. The van der Waals surface area contributed by atoms with Crippen molar-refractivity contribution in [1.29, 1.82) is 0 Å². The molecule has 11 heteroatoms. The summed E-state index contributed by atoms with van der Waals surface area (Å²) in [5.41, 5.74) is 6.46. The summed E-state index contributed by atoms with van der Waals surface area (Å²) in [6, 6.07) is 9.98. The van der Waals surface area contributed by atoms with Crippen molar-refractivity contribution in [2.24, 2.45) is 5.73 Å². The number of carbonyl (C=O) groups excluding carboxylic acids is 3. The van der Waals surface area contributed by atoms with Crippen LogP contribution in [0.4, 0.5) is 15.8 Å². The number of amides is 3. The first-order valence-corrected chi connectivity index (χ1v) is 12.8. The number of halogens is 2. The van der Waals surface area contributed by atoms with Crippen molar-refractivity contribution in [1.82, 2.24) is 14.9 Å². The molecule has 3 amide bonds. The molecule has 0 saturated heterocycles. The SMILES string of the molecule is CCN(CC)CCCC(C)N(C(=O)c1nc[nH]c1C(N)=O)c1ccc(NC(=O)c2ccc(F)cc2Cl)cc1. The molecule has 1 unspecified atom stereocenters. The summed E-state index contributed by atoms with van der Waals surface area (Å²) < 4.78 is 13.3. The molecule has 0 radical (unpaired) electrons. The summed E-state index contributed by atoms with van der Waals surface area (Å²) in [5.74, 6) is -2.28. The topological polar surface area (TPSA) is 124 Å². The van der Waals surface area contributed by atoms with Crippen molar-refractivity contribution in [3.05, 3.63) is 76.6 Å². The Bertz CT molecular complexity index is 1280. The number of imidazole rings is 1. The molecule has 38 heavy (non-hydrogen) atoms. The molecule has 202 valence electrons. The number of aromatic amines is 1. The number of nitrogens with one attached hydrogen (secondary N) is 2. The third-order valence-corrected chi connectivity index (χ3v) is 6.63. The van der Waals surface area contributed by atoms with Gasteiger partial charge in [-0.2, -0.15) is 0 Å². The third-order valence-electron chi connectivity index (χ3n) is 6.32. The van der Waals surface area contributed by atoms with Gasteiger partial charge in [0.1, 0.15) is 11.5 Å². The van der Waals surface area contributed by atoms with Gasteiger partial charge in [-0.15, -0.1) is 0 Å². The Morgan fingerprint density at radius 2 is 1.82 bits per heavy atom. The quantitative estimate of drug-likeness (QED) is 0.306. The van der Waals surface area contributed by atoms with Gasteiger partial charge in [0, 0.05) is 17.4 Å².